The Balaban J connectivity index is 1.70. The Morgan fingerprint density at radius 1 is 0.800 bits per heavy atom. The van der Waals surface area contributed by atoms with Crippen LogP contribution in [0.3, 0.4) is 0 Å². The number of amides is 1. The molecule has 1 unspecified atom stereocenters. The summed E-state index contributed by atoms with van der Waals surface area (Å²) < 4.78 is 0. The van der Waals surface area contributed by atoms with Gasteiger partial charge in [-0.25, -0.2) is 0 Å². The van der Waals surface area contributed by atoms with Crippen LogP contribution < -0.4 is 5.32 Å². The smallest absolute Gasteiger partial charge is 0.252 e. The number of carbonyl (C=O) groups is 1. The van der Waals surface area contributed by atoms with E-state index in [9.17, 15) is 4.79 Å². The SMILES string of the molecule is CC(NC(=O)c1ccccc1CCc1ccccc1)c1ccccc1. The lowest BCUT2D eigenvalue weighted by molar-refractivity contribution is 0.0939. The molecule has 1 amide bonds. The van der Waals surface area contributed by atoms with Crippen LogP contribution in [-0.4, -0.2) is 5.91 Å². The molecular formula is C23H23NO. The van der Waals surface area contributed by atoms with Gasteiger partial charge in [0.2, 0.25) is 0 Å². The first kappa shape index (κ1) is 17.0. The van der Waals surface area contributed by atoms with Crippen molar-refractivity contribution in [1.29, 1.82) is 0 Å². The summed E-state index contributed by atoms with van der Waals surface area (Å²) >= 11 is 0. The third kappa shape index (κ3) is 4.57. The number of nitrogens with one attached hydrogen (secondary N) is 1. The second-order valence-electron chi connectivity index (χ2n) is 6.25. The molecule has 1 N–H and O–H groups in total. The Labute approximate surface area is 149 Å². The molecule has 0 bridgehead atoms. The summed E-state index contributed by atoms with van der Waals surface area (Å²) in [5.74, 6) is -0.0139. The van der Waals surface area contributed by atoms with Crippen molar-refractivity contribution in [2.24, 2.45) is 0 Å². The summed E-state index contributed by atoms with van der Waals surface area (Å²) in [5, 5.41) is 3.11. The molecule has 0 saturated heterocycles. The normalized spacial score (nSPS) is 11.7. The van der Waals surface area contributed by atoms with Gasteiger partial charge in [-0.15, -0.1) is 0 Å². The van der Waals surface area contributed by atoms with Gasteiger partial charge in [-0.1, -0.05) is 78.9 Å². The minimum Gasteiger partial charge on any atom is -0.346 e. The molecule has 0 aliphatic carbocycles. The Bertz CT molecular complexity index is 812. The van der Waals surface area contributed by atoms with Crippen LogP contribution in [0.2, 0.25) is 0 Å². The average Bonchev–Trinajstić information content (AvgIpc) is 2.68. The molecule has 2 nitrogen and oxygen atoms in total. The van der Waals surface area contributed by atoms with Crippen molar-refractivity contribution >= 4 is 5.91 Å². The van der Waals surface area contributed by atoms with Crippen LogP contribution in [0.15, 0.2) is 84.9 Å². The minimum atomic E-state index is -0.0177. The number of hydrogen-bond acceptors (Lipinski definition) is 1. The summed E-state index contributed by atoms with van der Waals surface area (Å²) in [6.07, 6.45) is 1.78. The molecular weight excluding hydrogens is 306 g/mol. The van der Waals surface area contributed by atoms with Gasteiger partial charge in [0, 0.05) is 5.56 Å². The number of benzene rings is 3. The van der Waals surface area contributed by atoms with E-state index in [1.807, 2.05) is 67.6 Å². The molecule has 0 spiro atoms. The van der Waals surface area contributed by atoms with Gasteiger partial charge < -0.3 is 5.32 Å². The van der Waals surface area contributed by atoms with Gasteiger partial charge in [0.25, 0.3) is 5.91 Å². The van der Waals surface area contributed by atoms with Gasteiger partial charge in [-0.3, -0.25) is 4.79 Å². The fourth-order valence-corrected chi connectivity index (χ4v) is 2.98. The summed E-state index contributed by atoms with van der Waals surface area (Å²) in [5.41, 5.74) is 4.25. The molecule has 0 radical (unpaired) electrons. The molecule has 25 heavy (non-hydrogen) atoms. The summed E-state index contributed by atoms with van der Waals surface area (Å²) in [7, 11) is 0. The molecule has 0 aromatic heterocycles. The first-order valence-corrected chi connectivity index (χ1v) is 8.71. The van der Waals surface area contributed by atoms with Gasteiger partial charge in [0.15, 0.2) is 0 Å². The summed E-state index contributed by atoms with van der Waals surface area (Å²) in [6, 6.07) is 28.3. The third-order valence-electron chi connectivity index (χ3n) is 4.44. The van der Waals surface area contributed by atoms with Gasteiger partial charge in [-0.05, 0) is 42.5 Å². The van der Waals surface area contributed by atoms with Gasteiger partial charge in [0.05, 0.1) is 6.04 Å². The lowest BCUT2D eigenvalue weighted by atomic mass is 9.99. The molecule has 126 valence electrons. The van der Waals surface area contributed by atoms with E-state index in [0.29, 0.717) is 0 Å². The van der Waals surface area contributed by atoms with Crippen LogP contribution >= 0.6 is 0 Å². The Hall–Kier alpha value is -2.87. The number of aryl methyl sites for hydroxylation is 2. The van der Waals surface area contributed by atoms with Crippen LogP contribution in [0.25, 0.3) is 0 Å². The zero-order valence-corrected chi connectivity index (χ0v) is 14.5. The van der Waals surface area contributed by atoms with E-state index < -0.39 is 0 Å². The fraction of sp³-hybridized carbons (Fsp3) is 0.174. The molecule has 0 fully saturated rings. The highest BCUT2D eigenvalue weighted by molar-refractivity contribution is 5.95. The second kappa shape index (κ2) is 8.29. The van der Waals surface area contributed by atoms with Crippen molar-refractivity contribution in [3.63, 3.8) is 0 Å². The van der Waals surface area contributed by atoms with E-state index in [1.165, 1.54) is 5.56 Å². The lowest BCUT2D eigenvalue weighted by Gasteiger charge is -2.16. The Kier molecular flexibility index (Phi) is 5.63. The molecule has 3 aromatic carbocycles. The monoisotopic (exact) mass is 329 g/mol. The quantitative estimate of drug-likeness (QED) is 0.680. The van der Waals surface area contributed by atoms with Gasteiger partial charge in [-0.2, -0.15) is 0 Å². The summed E-state index contributed by atoms with van der Waals surface area (Å²) in [6.45, 7) is 2.01. The molecule has 0 saturated carbocycles. The molecule has 3 rings (SSSR count). The van der Waals surface area contributed by atoms with Crippen molar-refractivity contribution in [3.8, 4) is 0 Å². The van der Waals surface area contributed by atoms with E-state index in [1.54, 1.807) is 0 Å². The van der Waals surface area contributed by atoms with Crippen LogP contribution in [0.5, 0.6) is 0 Å². The van der Waals surface area contributed by atoms with Crippen LogP contribution in [0, 0.1) is 0 Å². The predicted octanol–water partition coefficient (Wildman–Crippen LogP) is 4.96. The average molecular weight is 329 g/mol. The van der Waals surface area contributed by atoms with Crippen LogP contribution in [0.4, 0.5) is 0 Å². The van der Waals surface area contributed by atoms with Gasteiger partial charge in [0.1, 0.15) is 0 Å². The number of hydrogen-bond donors (Lipinski definition) is 1. The summed E-state index contributed by atoms with van der Waals surface area (Å²) in [4.78, 5) is 12.7. The highest BCUT2D eigenvalue weighted by Crippen LogP contribution is 2.16. The number of carbonyl (C=O) groups excluding carboxylic acids is 1. The first-order chi connectivity index (χ1) is 12.2. The molecule has 3 aromatic rings. The van der Waals surface area contributed by atoms with Crippen LogP contribution in [-0.2, 0) is 12.8 Å². The standard InChI is InChI=1S/C23H23NO/c1-18(20-12-6-3-7-13-20)24-23(25)22-15-9-8-14-21(22)17-16-19-10-4-2-5-11-19/h2-15,18H,16-17H2,1H3,(H,24,25). The maximum atomic E-state index is 12.7. The molecule has 0 heterocycles. The minimum absolute atomic E-state index is 0.0139. The largest absolute Gasteiger partial charge is 0.346 e. The lowest BCUT2D eigenvalue weighted by Crippen LogP contribution is -2.27. The molecule has 2 heteroatoms. The zero-order chi connectivity index (χ0) is 17.5. The highest BCUT2D eigenvalue weighted by Gasteiger charge is 2.14. The zero-order valence-electron chi connectivity index (χ0n) is 14.5. The molecule has 0 aliphatic heterocycles. The Morgan fingerprint density at radius 2 is 1.40 bits per heavy atom. The van der Waals surface area contributed by atoms with Crippen molar-refractivity contribution in [1.82, 2.24) is 5.32 Å². The number of rotatable bonds is 6. The predicted molar refractivity (Wildman–Crippen MR) is 103 cm³/mol. The van der Waals surface area contributed by atoms with E-state index in [4.69, 9.17) is 0 Å². The van der Waals surface area contributed by atoms with Gasteiger partial charge >= 0.3 is 0 Å². The van der Waals surface area contributed by atoms with Crippen molar-refractivity contribution in [3.05, 3.63) is 107 Å². The first-order valence-electron chi connectivity index (χ1n) is 8.71. The highest BCUT2D eigenvalue weighted by atomic mass is 16.1. The second-order valence-corrected chi connectivity index (χ2v) is 6.25. The molecule has 0 aliphatic rings. The van der Waals surface area contributed by atoms with E-state index in [2.05, 4.69) is 29.6 Å². The maximum absolute atomic E-state index is 12.7. The topological polar surface area (TPSA) is 29.1 Å². The third-order valence-corrected chi connectivity index (χ3v) is 4.44. The molecule has 1 atom stereocenters. The fourth-order valence-electron chi connectivity index (χ4n) is 2.98. The van der Waals surface area contributed by atoms with E-state index in [-0.39, 0.29) is 11.9 Å². The van der Waals surface area contributed by atoms with Crippen molar-refractivity contribution in [2.45, 2.75) is 25.8 Å². The Morgan fingerprint density at radius 3 is 2.12 bits per heavy atom. The maximum Gasteiger partial charge on any atom is 0.252 e. The van der Waals surface area contributed by atoms with Crippen molar-refractivity contribution in [2.75, 3.05) is 0 Å². The van der Waals surface area contributed by atoms with E-state index in [0.717, 1.165) is 29.5 Å². The van der Waals surface area contributed by atoms with E-state index >= 15 is 0 Å². The van der Waals surface area contributed by atoms with Crippen LogP contribution in [0.1, 0.15) is 40.0 Å². The van der Waals surface area contributed by atoms with Crippen molar-refractivity contribution < 1.29 is 4.79 Å².